The van der Waals surface area contributed by atoms with Crippen LogP contribution in [0.4, 0.5) is 4.79 Å². The number of fused-ring (bicyclic) bond motifs is 2. The number of aryl methyl sites for hydroxylation is 1. The number of rotatable bonds is 8. The van der Waals surface area contributed by atoms with Crippen LogP contribution < -0.4 is 5.32 Å². The summed E-state index contributed by atoms with van der Waals surface area (Å²) in [4.78, 5) is 36.4. The van der Waals surface area contributed by atoms with E-state index >= 15 is 0 Å². The van der Waals surface area contributed by atoms with Crippen molar-refractivity contribution in [2.45, 2.75) is 58.4 Å². The molecule has 2 N–H and O–H groups in total. The average Bonchev–Trinajstić information content (AvgIpc) is 3.13. The maximum atomic E-state index is 13.8. The van der Waals surface area contributed by atoms with Gasteiger partial charge in [-0.05, 0) is 83.9 Å². The molecule has 1 saturated heterocycles. The van der Waals surface area contributed by atoms with Crippen LogP contribution in [0.3, 0.4) is 0 Å². The number of hydrogen-bond donors (Lipinski definition) is 2. The summed E-state index contributed by atoms with van der Waals surface area (Å²) in [5, 5.41) is 4.22. The summed E-state index contributed by atoms with van der Waals surface area (Å²) in [5.74, 6) is 0.109. The molecule has 2 aromatic rings. The van der Waals surface area contributed by atoms with E-state index in [0.29, 0.717) is 25.0 Å². The zero-order valence-electron chi connectivity index (χ0n) is 21.5. The number of carbonyl (C=O) groups excluding carboxylic acids is 2. The van der Waals surface area contributed by atoms with Crippen LogP contribution in [0.2, 0.25) is 0 Å². The van der Waals surface area contributed by atoms with Gasteiger partial charge in [-0.25, -0.2) is 4.79 Å². The van der Waals surface area contributed by atoms with Crippen molar-refractivity contribution in [1.29, 1.82) is 0 Å². The first-order valence-corrected chi connectivity index (χ1v) is 12.9. The van der Waals surface area contributed by atoms with E-state index in [-0.39, 0.29) is 17.9 Å². The highest BCUT2D eigenvalue weighted by molar-refractivity contribution is 5.96. The van der Waals surface area contributed by atoms with Gasteiger partial charge >= 0.3 is 6.03 Å². The highest BCUT2D eigenvalue weighted by atomic mass is 16.2. The van der Waals surface area contributed by atoms with Gasteiger partial charge in [0.05, 0.1) is 5.92 Å². The molecule has 1 fully saturated rings. The Hall–Kier alpha value is -2.38. The minimum atomic E-state index is -0.260. The molecule has 1 aromatic carbocycles. The molecule has 4 rings (SSSR count). The first-order valence-electron chi connectivity index (χ1n) is 12.9. The van der Waals surface area contributed by atoms with Gasteiger partial charge in [0.15, 0.2) is 0 Å². The van der Waals surface area contributed by atoms with Crippen molar-refractivity contribution in [3.8, 4) is 0 Å². The molecular weight excluding hydrogens is 426 g/mol. The fourth-order valence-electron chi connectivity index (χ4n) is 6.11. The molecule has 1 aliphatic carbocycles. The Balaban J connectivity index is 1.63. The van der Waals surface area contributed by atoms with Gasteiger partial charge in [0.1, 0.15) is 0 Å². The smallest absolute Gasteiger partial charge is 0.324 e. The Morgan fingerprint density at radius 1 is 1.21 bits per heavy atom. The van der Waals surface area contributed by atoms with Crippen molar-refractivity contribution in [3.05, 3.63) is 35.0 Å². The number of H-pyrrole nitrogens is 1. The lowest BCUT2D eigenvalue weighted by molar-refractivity contribution is -0.135. The molecule has 3 amide bonds. The third-order valence-electron chi connectivity index (χ3n) is 7.60. The second kappa shape index (κ2) is 10.5. The lowest BCUT2D eigenvalue weighted by Crippen LogP contribution is -2.55. The number of nitrogens with one attached hydrogen (secondary N) is 2. The molecule has 3 atom stereocenters. The van der Waals surface area contributed by atoms with Gasteiger partial charge in [-0.15, -0.1) is 0 Å². The molecule has 1 unspecified atom stereocenters. The number of amides is 3. The lowest BCUT2D eigenvalue weighted by atomic mass is 9.71. The molecule has 2 aliphatic rings. The number of aromatic nitrogens is 1. The predicted molar refractivity (Wildman–Crippen MR) is 137 cm³/mol. The Labute approximate surface area is 203 Å². The minimum Gasteiger partial charge on any atom is -0.358 e. The topological polar surface area (TPSA) is 71.7 Å². The average molecular weight is 468 g/mol. The van der Waals surface area contributed by atoms with Crippen LogP contribution in [0.5, 0.6) is 0 Å². The van der Waals surface area contributed by atoms with Crippen LogP contribution in [0.25, 0.3) is 10.9 Å². The molecule has 7 nitrogen and oxygen atoms in total. The highest BCUT2D eigenvalue weighted by Gasteiger charge is 2.44. The highest BCUT2D eigenvalue weighted by Crippen LogP contribution is 2.46. The van der Waals surface area contributed by atoms with E-state index in [9.17, 15) is 9.59 Å². The summed E-state index contributed by atoms with van der Waals surface area (Å²) >= 11 is 0. The van der Waals surface area contributed by atoms with Gasteiger partial charge in [-0.3, -0.25) is 14.6 Å². The van der Waals surface area contributed by atoms with E-state index in [2.05, 4.69) is 52.1 Å². The van der Waals surface area contributed by atoms with Crippen molar-refractivity contribution >= 4 is 22.8 Å². The number of nitrogens with zero attached hydrogens (tertiary/aromatic N) is 3. The largest absolute Gasteiger partial charge is 0.358 e. The van der Waals surface area contributed by atoms with Crippen molar-refractivity contribution in [3.63, 3.8) is 0 Å². The summed E-state index contributed by atoms with van der Waals surface area (Å²) in [6.45, 7) is 9.80. The zero-order valence-corrected chi connectivity index (χ0v) is 21.5. The number of hydrogen-bond acceptors (Lipinski definition) is 4. The number of piperidine rings is 1. The fraction of sp³-hybridized carbons (Fsp3) is 0.630. The van der Waals surface area contributed by atoms with Crippen molar-refractivity contribution < 1.29 is 9.59 Å². The monoisotopic (exact) mass is 467 g/mol. The van der Waals surface area contributed by atoms with Gasteiger partial charge < -0.3 is 15.2 Å². The van der Waals surface area contributed by atoms with Crippen molar-refractivity contribution in [2.75, 3.05) is 46.8 Å². The Morgan fingerprint density at radius 2 is 2.00 bits per heavy atom. The second-order valence-electron chi connectivity index (χ2n) is 10.3. The van der Waals surface area contributed by atoms with E-state index in [1.54, 1.807) is 0 Å². The summed E-state index contributed by atoms with van der Waals surface area (Å²) in [6, 6.07) is 6.70. The maximum absolute atomic E-state index is 13.8. The summed E-state index contributed by atoms with van der Waals surface area (Å²) in [7, 11) is 4.03. The van der Waals surface area contributed by atoms with Gasteiger partial charge in [-0.2, -0.15) is 0 Å². The summed E-state index contributed by atoms with van der Waals surface area (Å²) in [5.41, 5.74) is 5.26. The molecule has 0 saturated carbocycles. The standard InChI is InChI=1S/C27H41N5O2/c1-6-12-31-17-19(26(33)32(27(34)28-7-2)14-9-13-30(4)5)15-22-20-10-8-11-23-25(20)21(16-24(22)31)18(3)29-23/h8,10-11,19,22,24,29H,6-7,9,12-17H2,1-5H3,(H,28,34)/t19-,22?,24-/m1/s1. The summed E-state index contributed by atoms with van der Waals surface area (Å²) in [6.07, 6.45) is 3.65. The zero-order chi connectivity index (χ0) is 24.4. The molecule has 1 aliphatic heterocycles. The van der Waals surface area contributed by atoms with Crippen LogP contribution in [0.15, 0.2) is 18.2 Å². The number of imide groups is 1. The fourth-order valence-corrected chi connectivity index (χ4v) is 6.11. The number of carbonyl (C=O) groups is 2. The molecule has 0 radical (unpaired) electrons. The molecule has 7 heteroatoms. The maximum Gasteiger partial charge on any atom is 0.324 e. The third kappa shape index (κ3) is 4.73. The number of urea groups is 1. The second-order valence-corrected chi connectivity index (χ2v) is 10.3. The molecular formula is C27H41N5O2. The quantitative estimate of drug-likeness (QED) is 0.621. The SMILES string of the molecule is CCCN1C[C@H](C(=O)N(CCCN(C)C)C(=O)NCC)CC2c3cccc4[nH]c(C)c(c34)C[C@H]21. The first kappa shape index (κ1) is 24.7. The van der Waals surface area contributed by atoms with E-state index in [0.717, 1.165) is 45.3 Å². The van der Waals surface area contributed by atoms with Gasteiger partial charge in [-0.1, -0.05) is 19.1 Å². The van der Waals surface area contributed by atoms with E-state index < -0.39 is 0 Å². The molecule has 1 aromatic heterocycles. The predicted octanol–water partition coefficient (Wildman–Crippen LogP) is 3.73. The summed E-state index contributed by atoms with van der Waals surface area (Å²) < 4.78 is 0. The lowest BCUT2D eigenvalue weighted by Gasteiger charge is -2.47. The van der Waals surface area contributed by atoms with Crippen LogP contribution in [-0.2, 0) is 11.2 Å². The van der Waals surface area contributed by atoms with Crippen LogP contribution in [0.1, 0.15) is 55.8 Å². The van der Waals surface area contributed by atoms with Crippen LogP contribution in [-0.4, -0.2) is 84.5 Å². The minimum absolute atomic E-state index is 0.0209. The Morgan fingerprint density at radius 3 is 2.71 bits per heavy atom. The molecule has 34 heavy (non-hydrogen) atoms. The first-order chi connectivity index (χ1) is 16.3. The Bertz CT molecular complexity index is 1030. The third-order valence-corrected chi connectivity index (χ3v) is 7.60. The molecule has 186 valence electrons. The Kier molecular flexibility index (Phi) is 7.63. The normalized spacial score (nSPS) is 22.1. The van der Waals surface area contributed by atoms with Gasteiger partial charge in [0.2, 0.25) is 5.91 Å². The van der Waals surface area contributed by atoms with Gasteiger partial charge in [0, 0.05) is 48.2 Å². The van der Waals surface area contributed by atoms with Crippen LogP contribution in [0, 0.1) is 12.8 Å². The molecule has 0 spiro atoms. The van der Waals surface area contributed by atoms with Crippen molar-refractivity contribution in [2.24, 2.45) is 5.92 Å². The number of benzene rings is 1. The molecule has 2 heterocycles. The van der Waals surface area contributed by atoms with Crippen molar-refractivity contribution in [1.82, 2.24) is 25.0 Å². The van der Waals surface area contributed by atoms with E-state index in [4.69, 9.17) is 0 Å². The number of aromatic amines is 1. The van der Waals surface area contributed by atoms with Gasteiger partial charge in [0.25, 0.3) is 0 Å². The molecule has 0 bridgehead atoms. The van der Waals surface area contributed by atoms with E-state index in [1.807, 2.05) is 21.0 Å². The number of likely N-dealkylation sites (tertiary alicyclic amines) is 1. The van der Waals surface area contributed by atoms with E-state index in [1.165, 1.54) is 32.6 Å². The van der Waals surface area contributed by atoms with Crippen LogP contribution >= 0.6 is 0 Å².